The molecule has 0 aliphatic carbocycles. The molecule has 0 amide bonds. The van der Waals surface area contributed by atoms with E-state index in [1.165, 1.54) is 0 Å². The molecule has 0 aliphatic rings. The van der Waals surface area contributed by atoms with Crippen LogP contribution >= 0.6 is 0 Å². The molecule has 4 nitrogen and oxygen atoms in total. The van der Waals surface area contributed by atoms with Gasteiger partial charge in [0.1, 0.15) is 12.1 Å². The van der Waals surface area contributed by atoms with Crippen LogP contribution in [-0.2, 0) is 0 Å². The number of aromatic nitrogens is 2. The van der Waals surface area contributed by atoms with Crippen LogP contribution in [0.4, 0.5) is 0 Å². The molecule has 0 saturated heterocycles. The lowest BCUT2D eigenvalue weighted by molar-refractivity contribution is 0.0964. The number of imidazole rings is 1. The van der Waals surface area contributed by atoms with Crippen molar-refractivity contribution >= 4 is 16.9 Å². The van der Waals surface area contributed by atoms with E-state index in [0.29, 0.717) is 12.2 Å². The monoisotopic (exact) mass is 266 g/mol. The van der Waals surface area contributed by atoms with Gasteiger partial charge in [-0.05, 0) is 43.3 Å². The Labute approximate surface area is 116 Å². The third-order valence-electron chi connectivity index (χ3n) is 3.08. The van der Waals surface area contributed by atoms with Crippen molar-refractivity contribution in [2.45, 2.75) is 6.92 Å². The Morgan fingerprint density at radius 3 is 2.65 bits per heavy atom. The lowest BCUT2D eigenvalue weighted by Crippen LogP contribution is -2.10. The fourth-order valence-electron chi connectivity index (χ4n) is 2.12. The molecule has 0 atom stereocenters. The number of fused-ring (bicyclic) bond motifs is 1. The van der Waals surface area contributed by atoms with Crippen LogP contribution in [0.25, 0.3) is 11.0 Å². The van der Waals surface area contributed by atoms with Crippen molar-refractivity contribution in [2.24, 2.45) is 0 Å². The van der Waals surface area contributed by atoms with E-state index in [0.717, 1.165) is 16.8 Å². The first kappa shape index (κ1) is 12.4. The van der Waals surface area contributed by atoms with Gasteiger partial charge in [0.05, 0.1) is 17.6 Å². The lowest BCUT2D eigenvalue weighted by Gasteiger charge is -2.05. The molecular weight excluding hydrogens is 252 g/mol. The zero-order chi connectivity index (χ0) is 13.9. The van der Waals surface area contributed by atoms with Crippen molar-refractivity contribution < 1.29 is 9.53 Å². The molecule has 0 radical (unpaired) electrons. The fourth-order valence-corrected chi connectivity index (χ4v) is 2.12. The standard InChI is InChI=1S/C16H14N2O2/c1-2-20-13-9-7-12(8-10-13)16(19)18-11-17-14-5-3-4-6-15(14)18/h3-11H,2H2,1H3. The number of para-hydroxylation sites is 2. The normalized spacial score (nSPS) is 10.7. The second-order valence-electron chi connectivity index (χ2n) is 4.37. The third kappa shape index (κ3) is 2.16. The fraction of sp³-hybridized carbons (Fsp3) is 0.125. The Morgan fingerprint density at radius 2 is 1.90 bits per heavy atom. The molecule has 100 valence electrons. The summed E-state index contributed by atoms with van der Waals surface area (Å²) in [7, 11) is 0. The van der Waals surface area contributed by atoms with E-state index in [9.17, 15) is 4.79 Å². The molecule has 0 bridgehead atoms. The van der Waals surface area contributed by atoms with Gasteiger partial charge < -0.3 is 4.74 Å². The summed E-state index contributed by atoms with van der Waals surface area (Å²) >= 11 is 0. The molecule has 2 aromatic carbocycles. The highest BCUT2D eigenvalue weighted by molar-refractivity contribution is 6.01. The summed E-state index contributed by atoms with van der Waals surface area (Å²) in [6.45, 7) is 2.54. The van der Waals surface area contributed by atoms with Gasteiger partial charge in [-0.2, -0.15) is 0 Å². The number of carbonyl (C=O) groups excluding carboxylic acids is 1. The number of carbonyl (C=O) groups is 1. The SMILES string of the molecule is CCOc1ccc(C(=O)n2cnc3ccccc32)cc1. The zero-order valence-corrected chi connectivity index (χ0v) is 11.1. The van der Waals surface area contributed by atoms with E-state index in [2.05, 4.69) is 4.98 Å². The molecular formula is C16H14N2O2. The van der Waals surface area contributed by atoms with Crippen molar-refractivity contribution in [3.63, 3.8) is 0 Å². The summed E-state index contributed by atoms with van der Waals surface area (Å²) in [5.41, 5.74) is 2.23. The van der Waals surface area contributed by atoms with Gasteiger partial charge in [0.25, 0.3) is 5.91 Å². The molecule has 1 aromatic heterocycles. The molecule has 3 rings (SSSR count). The van der Waals surface area contributed by atoms with E-state index < -0.39 is 0 Å². The van der Waals surface area contributed by atoms with Crippen molar-refractivity contribution in [1.29, 1.82) is 0 Å². The summed E-state index contributed by atoms with van der Waals surface area (Å²) in [4.78, 5) is 16.7. The number of ether oxygens (including phenoxy) is 1. The van der Waals surface area contributed by atoms with E-state index in [1.807, 2.05) is 31.2 Å². The quantitative estimate of drug-likeness (QED) is 0.731. The van der Waals surface area contributed by atoms with Gasteiger partial charge in [0.15, 0.2) is 0 Å². The molecule has 0 fully saturated rings. The Hall–Kier alpha value is -2.62. The van der Waals surface area contributed by atoms with Crippen LogP contribution in [0.5, 0.6) is 5.75 Å². The third-order valence-corrected chi connectivity index (χ3v) is 3.08. The Bertz CT molecular complexity index is 745. The molecule has 0 saturated carbocycles. The van der Waals surface area contributed by atoms with Crippen LogP contribution in [0.1, 0.15) is 17.3 Å². The summed E-state index contributed by atoms with van der Waals surface area (Å²) in [5.74, 6) is 0.668. The van der Waals surface area contributed by atoms with Gasteiger partial charge in [0, 0.05) is 5.56 Å². The van der Waals surface area contributed by atoms with Crippen LogP contribution in [-0.4, -0.2) is 22.1 Å². The van der Waals surface area contributed by atoms with Gasteiger partial charge >= 0.3 is 0 Å². The van der Waals surface area contributed by atoms with Crippen molar-refractivity contribution in [3.05, 3.63) is 60.4 Å². The first-order chi connectivity index (χ1) is 9.79. The summed E-state index contributed by atoms with van der Waals surface area (Å²) in [6, 6.07) is 14.7. The molecule has 0 aliphatic heterocycles. The molecule has 4 heteroatoms. The van der Waals surface area contributed by atoms with E-state index >= 15 is 0 Å². The second-order valence-corrected chi connectivity index (χ2v) is 4.37. The maximum Gasteiger partial charge on any atom is 0.263 e. The van der Waals surface area contributed by atoms with E-state index in [4.69, 9.17) is 4.74 Å². The zero-order valence-electron chi connectivity index (χ0n) is 11.1. The molecule has 1 heterocycles. The van der Waals surface area contributed by atoms with Crippen LogP contribution in [0.2, 0.25) is 0 Å². The minimum atomic E-state index is -0.0956. The predicted molar refractivity (Wildman–Crippen MR) is 77.1 cm³/mol. The Balaban J connectivity index is 1.95. The molecule has 3 aromatic rings. The Kier molecular flexibility index (Phi) is 3.21. The largest absolute Gasteiger partial charge is 0.494 e. The summed E-state index contributed by atoms with van der Waals surface area (Å²) < 4.78 is 6.93. The van der Waals surface area contributed by atoms with Crippen molar-refractivity contribution in [3.8, 4) is 5.75 Å². The summed E-state index contributed by atoms with van der Waals surface area (Å²) in [6.07, 6.45) is 1.56. The number of hydrogen-bond acceptors (Lipinski definition) is 3. The van der Waals surface area contributed by atoms with Crippen molar-refractivity contribution in [1.82, 2.24) is 9.55 Å². The average Bonchev–Trinajstić information content (AvgIpc) is 2.92. The molecule has 0 unspecified atom stereocenters. The molecule has 0 N–H and O–H groups in total. The number of nitrogens with zero attached hydrogens (tertiary/aromatic N) is 2. The van der Waals surface area contributed by atoms with E-state index in [-0.39, 0.29) is 5.91 Å². The number of rotatable bonds is 3. The summed E-state index contributed by atoms with van der Waals surface area (Å²) in [5, 5.41) is 0. The molecule has 20 heavy (non-hydrogen) atoms. The van der Waals surface area contributed by atoms with Gasteiger partial charge in [0.2, 0.25) is 0 Å². The smallest absolute Gasteiger partial charge is 0.263 e. The number of hydrogen-bond donors (Lipinski definition) is 0. The highest BCUT2D eigenvalue weighted by Crippen LogP contribution is 2.16. The van der Waals surface area contributed by atoms with Crippen LogP contribution < -0.4 is 4.74 Å². The van der Waals surface area contributed by atoms with Gasteiger partial charge in [-0.3, -0.25) is 9.36 Å². The number of benzene rings is 2. The second kappa shape index (κ2) is 5.17. The van der Waals surface area contributed by atoms with E-state index in [1.54, 1.807) is 35.2 Å². The van der Waals surface area contributed by atoms with Crippen LogP contribution in [0.3, 0.4) is 0 Å². The van der Waals surface area contributed by atoms with Crippen molar-refractivity contribution in [2.75, 3.05) is 6.61 Å². The lowest BCUT2D eigenvalue weighted by atomic mass is 10.2. The average molecular weight is 266 g/mol. The first-order valence-electron chi connectivity index (χ1n) is 6.49. The Morgan fingerprint density at radius 1 is 1.15 bits per heavy atom. The van der Waals surface area contributed by atoms with Crippen LogP contribution in [0, 0.1) is 0 Å². The minimum Gasteiger partial charge on any atom is -0.494 e. The highest BCUT2D eigenvalue weighted by atomic mass is 16.5. The first-order valence-corrected chi connectivity index (χ1v) is 6.49. The van der Waals surface area contributed by atoms with Crippen LogP contribution in [0.15, 0.2) is 54.9 Å². The predicted octanol–water partition coefficient (Wildman–Crippen LogP) is 3.12. The van der Waals surface area contributed by atoms with Gasteiger partial charge in [-0.25, -0.2) is 4.98 Å². The van der Waals surface area contributed by atoms with Gasteiger partial charge in [-0.15, -0.1) is 0 Å². The maximum atomic E-state index is 12.5. The maximum absolute atomic E-state index is 12.5. The topological polar surface area (TPSA) is 44.1 Å². The minimum absolute atomic E-state index is 0.0956. The molecule has 0 spiro atoms. The van der Waals surface area contributed by atoms with Gasteiger partial charge in [-0.1, -0.05) is 12.1 Å². The highest BCUT2D eigenvalue weighted by Gasteiger charge is 2.11.